The summed E-state index contributed by atoms with van der Waals surface area (Å²) in [5, 5.41) is 2.86. The molecular formula is C22H30N4O2S. The van der Waals surface area contributed by atoms with E-state index in [-0.39, 0.29) is 5.91 Å². The van der Waals surface area contributed by atoms with Gasteiger partial charge in [0.25, 0.3) is 0 Å². The second kappa shape index (κ2) is 9.32. The number of nitrogens with zero attached hydrogens (tertiary/aromatic N) is 4. The molecule has 29 heavy (non-hydrogen) atoms. The van der Waals surface area contributed by atoms with Crippen molar-refractivity contribution in [3.8, 4) is 10.7 Å². The van der Waals surface area contributed by atoms with Crippen molar-refractivity contribution in [3.05, 3.63) is 35.5 Å². The number of thiazole rings is 1. The SMILES string of the molecule is CC1CN(CC2CCN(C(=O)Cc3csc(-c4ccccn4)n3)CC2)CC(C)O1. The van der Waals surface area contributed by atoms with E-state index in [1.807, 2.05) is 28.5 Å². The molecule has 0 aromatic carbocycles. The van der Waals surface area contributed by atoms with Crippen LogP contribution in [0, 0.1) is 5.92 Å². The van der Waals surface area contributed by atoms with Crippen LogP contribution < -0.4 is 0 Å². The van der Waals surface area contributed by atoms with Crippen molar-refractivity contribution < 1.29 is 9.53 Å². The van der Waals surface area contributed by atoms with Gasteiger partial charge in [0.2, 0.25) is 5.91 Å². The van der Waals surface area contributed by atoms with Gasteiger partial charge in [-0.2, -0.15) is 0 Å². The predicted octanol–water partition coefficient (Wildman–Crippen LogP) is 3.10. The monoisotopic (exact) mass is 414 g/mol. The zero-order valence-electron chi connectivity index (χ0n) is 17.3. The number of rotatable bonds is 5. The van der Waals surface area contributed by atoms with Gasteiger partial charge in [0, 0.05) is 44.3 Å². The number of amides is 1. The number of piperidine rings is 1. The van der Waals surface area contributed by atoms with Gasteiger partial charge in [-0.15, -0.1) is 11.3 Å². The third kappa shape index (κ3) is 5.41. The number of hydrogen-bond donors (Lipinski definition) is 0. The molecule has 0 N–H and O–H groups in total. The van der Waals surface area contributed by atoms with Crippen molar-refractivity contribution in [2.75, 3.05) is 32.7 Å². The maximum atomic E-state index is 12.7. The molecule has 0 radical (unpaired) electrons. The molecule has 2 unspecified atom stereocenters. The number of morpholine rings is 1. The first-order chi connectivity index (χ1) is 14.1. The Bertz CT molecular complexity index is 794. The molecule has 1 amide bonds. The third-order valence-corrected chi connectivity index (χ3v) is 6.66. The lowest BCUT2D eigenvalue weighted by atomic mass is 9.95. The molecule has 2 aliphatic heterocycles. The number of carbonyl (C=O) groups is 1. The summed E-state index contributed by atoms with van der Waals surface area (Å²) in [6, 6.07) is 5.80. The molecule has 2 aliphatic rings. The van der Waals surface area contributed by atoms with E-state index < -0.39 is 0 Å². The van der Waals surface area contributed by atoms with Gasteiger partial charge in [-0.25, -0.2) is 4.98 Å². The normalized spacial score (nSPS) is 24.0. The van der Waals surface area contributed by atoms with Crippen molar-refractivity contribution in [2.45, 2.75) is 45.3 Å². The first-order valence-corrected chi connectivity index (χ1v) is 11.5. The van der Waals surface area contributed by atoms with E-state index in [1.54, 1.807) is 17.5 Å². The van der Waals surface area contributed by atoms with E-state index in [9.17, 15) is 4.79 Å². The molecule has 6 nitrogen and oxygen atoms in total. The Kier molecular flexibility index (Phi) is 6.57. The second-order valence-electron chi connectivity index (χ2n) is 8.34. The summed E-state index contributed by atoms with van der Waals surface area (Å²) >= 11 is 1.55. The first-order valence-electron chi connectivity index (χ1n) is 10.6. The molecule has 2 aromatic heterocycles. The molecule has 2 fully saturated rings. The molecule has 0 bridgehead atoms. The summed E-state index contributed by atoms with van der Waals surface area (Å²) in [6.07, 6.45) is 4.95. The van der Waals surface area contributed by atoms with Crippen molar-refractivity contribution in [1.82, 2.24) is 19.8 Å². The minimum atomic E-state index is 0.190. The van der Waals surface area contributed by atoms with Crippen molar-refractivity contribution in [3.63, 3.8) is 0 Å². The smallest absolute Gasteiger partial charge is 0.228 e. The van der Waals surface area contributed by atoms with Gasteiger partial charge in [0.1, 0.15) is 5.01 Å². The summed E-state index contributed by atoms with van der Waals surface area (Å²) in [5.41, 5.74) is 1.71. The van der Waals surface area contributed by atoms with E-state index in [2.05, 4.69) is 28.7 Å². The Morgan fingerprint density at radius 1 is 1.21 bits per heavy atom. The molecule has 2 saturated heterocycles. The van der Waals surface area contributed by atoms with Crippen molar-refractivity contribution in [1.29, 1.82) is 0 Å². The molecule has 156 valence electrons. The highest BCUT2D eigenvalue weighted by atomic mass is 32.1. The average Bonchev–Trinajstić information content (AvgIpc) is 3.17. The molecule has 4 rings (SSSR count). The predicted molar refractivity (Wildman–Crippen MR) is 115 cm³/mol. The number of aromatic nitrogens is 2. The van der Waals surface area contributed by atoms with Crippen LogP contribution in [0.15, 0.2) is 29.8 Å². The van der Waals surface area contributed by atoms with Gasteiger partial charge >= 0.3 is 0 Å². The van der Waals surface area contributed by atoms with Crippen LogP contribution in [-0.2, 0) is 16.0 Å². The number of carbonyl (C=O) groups excluding carboxylic acids is 1. The van der Waals surface area contributed by atoms with Crippen LogP contribution in [0.2, 0.25) is 0 Å². The van der Waals surface area contributed by atoms with Crippen LogP contribution in [0.5, 0.6) is 0 Å². The minimum absolute atomic E-state index is 0.190. The highest BCUT2D eigenvalue weighted by molar-refractivity contribution is 7.13. The van der Waals surface area contributed by atoms with E-state index >= 15 is 0 Å². The second-order valence-corrected chi connectivity index (χ2v) is 9.19. The summed E-state index contributed by atoms with van der Waals surface area (Å²) in [6.45, 7) is 9.19. The Labute approximate surface area is 176 Å². The quantitative estimate of drug-likeness (QED) is 0.752. The lowest BCUT2D eigenvalue weighted by Gasteiger charge is -2.39. The number of pyridine rings is 1. The van der Waals surface area contributed by atoms with Crippen LogP contribution in [0.4, 0.5) is 0 Å². The van der Waals surface area contributed by atoms with E-state index in [4.69, 9.17) is 4.74 Å². The maximum absolute atomic E-state index is 12.7. The van der Waals surface area contributed by atoms with Gasteiger partial charge in [-0.1, -0.05) is 6.07 Å². The molecule has 2 atom stereocenters. The number of hydrogen-bond acceptors (Lipinski definition) is 6. The Morgan fingerprint density at radius 2 is 1.97 bits per heavy atom. The molecule has 7 heteroatoms. The van der Waals surface area contributed by atoms with E-state index in [0.29, 0.717) is 24.5 Å². The van der Waals surface area contributed by atoms with E-state index in [0.717, 1.165) is 62.0 Å². The zero-order chi connectivity index (χ0) is 20.2. The molecule has 0 aliphatic carbocycles. The highest BCUT2D eigenvalue weighted by Gasteiger charge is 2.28. The van der Waals surface area contributed by atoms with Crippen LogP contribution >= 0.6 is 11.3 Å². The number of likely N-dealkylation sites (tertiary alicyclic amines) is 1. The van der Waals surface area contributed by atoms with Gasteiger partial charge in [0.15, 0.2) is 0 Å². The largest absolute Gasteiger partial charge is 0.373 e. The van der Waals surface area contributed by atoms with Gasteiger partial charge in [-0.05, 0) is 44.7 Å². The fraction of sp³-hybridized carbons (Fsp3) is 0.591. The number of ether oxygens (including phenoxy) is 1. The standard InChI is InChI=1S/C22H30N4O2S/c1-16-12-25(13-17(2)28-16)14-18-6-9-26(10-7-18)21(27)11-19-15-29-22(24-19)20-5-3-4-8-23-20/h3-5,8,15-18H,6-7,9-14H2,1-2H3. The van der Waals surface area contributed by atoms with Gasteiger partial charge < -0.3 is 9.64 Å². The molecule has 0 spiro atoms. The van der Waals surface area contributed by atoms with Crippen LogP contribution in [0.25, 0.3) is 10.7 Å². The fourth-order valence-corrected chi connectivity index (χ4v) is 5.22. The lowest BCUT2D eigenvalue weighted by Crippen LogP contribution is -2.48. The Hall–Kier alpha value is -1.83. The molecular weight excluding hydrogens is 384 g/mol. The van der Waals surface area contributed by atoms with Crippen LogP contribution in [-0.4, -0.2) is 70.6 Å². The Morgan fingerprint density at radius 3 is 2.66 bits per heavy atom. The minimum Gasteiger partial charge on any atom is -0.373 e. The summed E-state index contributed by atoms with van der Waals surface area (Å²) in [5.74, 6) is 0.863. The zero-order valence-corrected chi connectivity index (χ0v) is 18.1. The highest BCUT2D eigenvalue weighted by Crippen LogP contribution is 2.24. The van der Waals surface area contributed by atoms with Gasteiger partial charge in [-0.3, -0.25) is 14.7 Å². The fourth-order valence-electron chi connectivity index (χ4n) is 4.43. The molecule has 0 saturated carbocycles. The summed E-state index contributed by atoms with van der Waals surface area (Å²) in [7, 11) is 0. The maximum Gasteiger partial charge on any atom is 0.228 e. The molecule has 2 aromatic rings. The van der Waals surface area contributed by atoms with Crippen LogP contribution in [0.3, 0.4) is 0 Å². The summed E-state index contributed by atoms with van der Waals surface area (Å²) < 4.78 is 5.84. The lowest BCUT2D eigenvalue weighted by molar-refractivity contribution is -0.132. The first kappa shape index (κ1) is 20.4. The average molecular weight is 415 g/mol. The summed E-state index contributed by atoms with van der Waals surface area (Å²) in [4.78, 5) is 26.2. The van der Waals surface area contributed by atoms with Crippen LogP contribution in [0.1, 0.15) is 32.4 Å². The van der Waals surface area contributed by atoms with Crippen molar-refractivity contribution >= 4 is 17.2 Å². The molecule has 4 heterocycles. The van der Waals surface area contributed by atoms with Gasteiger partial charge in [0.05, 0.1) is 30.0 Å². The van der Waals surface area contributed by atoms with Crippen molar-refractivity contribution in [2.24, 2.45) is 5.92 Å². The topological polar surface area (TPSA) is 58.6 Å². The Balaban J connectivity index is 1.25. The van der Waals surface area contributed by atoms with E-state index in [1.165, 1.54) is 0 Å². The third-order valence-electron chi connectivity index (χ3n) is 5.75.